The Morgan fingerprint density at radius 1 is 0.935 bits per heavy atom. The van der Waals surface area contributed by atoms with E-state index < -0.39 is 0 Å². The molecule has 0 saturated heterocycles. The van der Waals surface area contributed by atoms with Crippen LogP contribution in [0.3, 0.4) is 0 Å². The van der Waals surface area contributed by atoms with Crippen molar-refractivity contribution in [2.75, 3.05) is 6.54 Å². The number of fused-ring (bicyclic) bond motifs is 2. The number of aryl methyl sites for hydroxylation is 1. The lowest BCUT2D eigenvalue weighted by Crippen LogP contribution is -2.35. The van der Waals surface area contributed by atoms with E-state index in [9.17, 15) is 9.59 Å². The lowest BCUT2D eigenvalue weighted by molar-refractivity contribution is 0.0736. The fourth-order valence-electron chi connectivity index (χ4n) is 4.21. The predicted molar refractivity (Wildman–Crippen MR) is 119 cm³/mol. The number of benzene rings is 2. The van der Waals surface area contributed by atoms with Gasteiger partial charge in [-0.1, -0.05) is 54.6 Å². The number of carbonyl (C=O) groups excluding carboxylic acids is 2. The number of carbonyl (C=O) groups is 2. The molecule has 5 rings (SSSR count). The van der Waals surface area contributed by atoms with Crippen LogP contribution in [-0.2, 0) is 19.4 Å². The molecule has 31 heavy (non-hydrogen) atoms. The van der Waals surface area contributed by atoms with Crippen molar-refractivity contribution in [3.63, 3.8) is 0 Å². The number of ketones is 1. The van der Waals surface area contributed by atoms with Crippen LogP contribution in [0.15, 0.2) is 79.1 Å². The van der Waals surface area contributed by atoms with E-state index in [1.807, 2.05) is 65.7 Å². The molecule has 0 saturated carbocycles. The second-order valence-electron chi connectivity index (χ2n) is 7.96. The van der Waals surface area contributed by atoms with Crippen LogP contribution >= 0.6 is 0 Å². The summed E-state index contributed by atoms with van der Waals surface area (Å²) in [6.45, 7) is 1.33. The van der Waals surface area contributed by atoms with Crippen molar-refractivity contribution in [1.29, 1.82) is 0 Å². The van der Waals surface area contributed by atoms with Gasteiger partial charge in [0.2, 0.25) is 0 Å². The molecule has 1 amide bonds. The average molecular weight is 409 g/mol. The molecule has 0 N–H and O–H groups in total. The Morgan fingerprint density at radius 3 is 2.55 bits per heavy atom. The van der Waals surface area contributed by atoms with E-state index in [1.54, 1.807) is 10.7 Å². The number of hydrogen-bond acceptors (Lipinski definition) is 3. The molecule has 0 bridgehead atoms. The van der Waals surface area contributed by atoms with Crippen LogP contribution in [0.25, 0.3) is 5.52 Å². The number of rotatable bonds is 5. The van der Waals surface area contributed by atoms with Gasteiger partial charge in [-0.05, 0) is 41.7 Å². The fraction of sp³-hybridized carbons (Fsp3) is 0.192. The molecule has 1 aliphatic heterocycles. The molecule has 4 aromatic rings. The van der Waals surface area contributed by atoms with Crippen LogP contribution in [0, 0.1) is 0 Å². The molecule has 0 atom stereocenters. The molecular weight excluding hydrogens is 386 g/mol. The van der Waals surface area contributed by atoms with Gasteiger partial charge in [0.05, 0.1) is 17.3 Å². The van der Waals surface area contributed by atoms with Crippen molar-refractivity contribution < 1.29 is 9.59 Å². The molecule has 1 aliphatic rings. The highest BCUT2D eigenvalue weighted by Gasteiger charge is 2.24. The van der Waals surface area contributed by atoms with E-state index in [-0.39, 0.29) is 11.7 Å². The third-order valence-corrected chi connectivity index (χ3v) is 5.97. The molecular formula is C26H23N3O2. The largest absolute Gasteiger partial charge is 0.334 e. The summed E-state index contributed by atoms with van der Waals surface area (Å²) in [7, 11) is 0. The first-order chi connectivity index (χ1) is 15.2. The van der Waals surface area contributed by atoms with Crippen LogP contribution in [0.4, 0.5) is 0 Å². The Labute approximate surface area is 180 Å². The third kappa shape index (κ3) is 3.87. The standard InChI is InChI=1S/C26H23N3O2/c30-25(21-7-2-1-3-8-21)11-10-19-12-15-29-24(16-19)23(17-27-29)26(31)28-14-13-20-6-4-5-9-22(20)18-28/h1-9,12,15-17H,10-11,13-14,18H2. The first kappa shape index (κ1) is 19.2. The molecule has 5 nitrogen and oxygen atoms in total. The van der Waals surface area contributed by atoms with Gasteiger partial charge in [-0.3, -0.25) is 9.59 Å². The van der Waals surface area contributed by atoms with Crippen molar-refractivity contribution in [2.24, 2.45) is 0 Å². The number of Topliss-reactive ketones (excluding diaryl/α,β-unsaturated/α-hetero) is 1. The Kier molecular flexibility index (Phi) is 5.08. The lowest BCUT2D eigenvalue weighted by atomic mass is 9.99. The minimum absolute atomic E-state index is 0.00187. The lowest BCUT2D eigenvalue weighted by Gasteiger charge is -2.28. The highest BCUT2D eigenvalue weighted by atomic mass is 16.2. The molecule has 2 aromatic heterocycles. The van der Waals surface area contributed by atoms with Gasteiger partial charge >= 0.3 is 0 Å². The summed E-state index contributed by atoms with van der Waals surface area (Å²) in [6.07, 6.45) is 5.44. The first-order valence-electron chi connectivity index (χ1n) is 10.6. The summed E-state index contributed by atoms with van der Waals surface area (Å²) in [4.78, 5) is 27.6. The Hall–Kier alpha value is -3.73. The van der Waals surface area contributed by atoms with Gasteiger partial charge in [-0.25, -0.2) is 4.52 Å². The van der Waals surface area contributed by atoms with Gasteiger partial charge in [-0.15, -0.1) is 0 Å². The molecule has 2 aromatic carbocycles. The second-order valence-corrected chi connectivity index (χ2v) is 7.96. The summed E-state index contributed by atoms with van der Waals surface area (Å²) in [5.41, 5.74) is 5.67. The zero-order valence-electron chi connectivity index (χ0n) is 17.2. The maximum Gasteiger partial charge on any atom is 0.258 e. The molecule has 154 valence electrons. The highest BCUT2D eigenvalue weighted by Crippen LogP contribution is 2.22. The Balaban J connectivity index is 1.34. The smallest absolute Gasteiger partial charge is 0.258 e. The normalized spacial score (nSPS) is 13.2. The summed E-state index contributed by atoms with van der Waals surface area (Å²) in [5.74, 6) is 0.124. The van der Waals surface area contributed by atoms with Crippen molar-refractivity contribution in [2.45, 2.75) is 25.8 Å². The predicted octanol–water partition coefficient (Wildman–Crippen LogP) is 4.35. The van der Waals surface area contributed by atoms with E-state index in [2.05, 4.69) is 17.2 Å². The molecule has 3 heterocycles. The molecule has 0 spiro atoms. The van der Waals surface area contributed by atoms with Crippen molar-refractivity contribution in [3.05, 3.63) is 107 Å². The fourth-order valence-corrected chi connectivity index (χ4v) is 4.21. The van der Waals surface area contributed by atoms with Crippen molar-refractivity contribution in [1.82, 2.24) is 14.5 Å². The van der Waals surface area contributed by atoms with Crippen LogP contribution in [-0.4, -0.2) is 32.7 Å². The Bertz CT molecular complexity index is 1260. The number of amides is 1. The van der Waals surface area contributed by atoms with E-state index in [4.69, 9.17) is 0 Å². The van der Waals surface area contributed by atoms with Gasteiger partial charge in [0.15, 0.2) is 5.78 Å². The minimum Gasteiger partial charge on any atom is -0.334 e. The van der Waals surface area contributed by atoms with Crippen LogP contribution in [0.1, 0.15) is 43.8 Å². The summed E-state index contributed by atoms with van der Waals surface area (Å²) < 4.78 is 1.73. The number of aromatic nitrogens is 2. The van der Waals surface area contributed by atoms with Gasteiger partial charge in [0.1, 0.15) is 0 Å². The monoisotopic (exact) mass is 409 g/mol. The SMILES string of the molecule is O=C(CCc1ccn2ncc(C(=O)N3CCc4ccccc4C3)c2c1)c1ccccc1. The van der Waals surface area contributed by atoms with Gasteiger partial charge in [-0.2, -0.15) is 5.10 Å². The highest BCUT2D eigenvalue weighted by molar-refractivity contribution is 6.01. The van der Waals surface area contributed by atoms with Gasteiger partial charge in [0.25, 0.3) is 5.91 Å². The quantitative estimate of drug-likeness (QED) is 0.461. The van der Waals surface area contributed by atoms with E-state index in [0.29, 0.717) is 31.5 Å². The number of hydrogen-bond donors (Lipinski definition) is 0. The zero-order chi connectivity index (χ0) is 21.2. The summed E-state index contributed by atoms with van der Waals surface area (Å²) >= 11 is 0. The van der Waals surface area contributed by atoms with Gasteiger partial charge < -0.3 is 4.90 Å². The molecule has 0 fully saturated rings. The molecule has 0 radical (unpaired) electrons. The minimum atomic E-state index is 0.00187. The Morgan fingerprint density at radius 2 is 1.71 bits per heavy atom. The molecule has 5 heteroatoms. The van der Waals surface area contributed by atoms with Crippen LogP contribution in [0.5, 0.6) is 0 Å². The topological polar surface area (TPSA) is 54.7 Å². The van der Waals surface area contributed by atoms with Crippen LogP contribution in [0.2, 0.25) is 0 Å². The van der Waals surface area contributed by atoms with Gasteiger partial charge in [0, 0.05) is 31.3 Å². The molecule has 0 aliphatic carbocycles. The first-order valence-corrected chi connectivity index (χ1v) is 10.6. The van der Waals surface area contributed by atoms with Crippen molar-refractivity contribution >= 4 is 17.2 Å². The van der Waals surface area contributed by atoms with E-state index in [0.717, 1.165) is 23.1 Å². The van der Waals surface area contributed by atoms with Crippen molar-refractivity contribution in [3.8, 4) is 0 Å². The second kappa shape index (κ2) is 8.19. The van der Waals surface area contributed by atoms with Crippen LogP contribution < -0.4 is 0 Å². The number of nitrogens with zero attached hydrogens (tertiary/aromatic N) is 3. The maximum absolute atomic E-state index is 13.3. The van der Waals surface area contributed by atoms with E-state index in [1.165, 1.54) is 11.1 Å². The maximum atomic E-state index is 13.3. The summed E-state index contributed by atoms with van der Waals surface area (Å²) in [5, 5.41) is 4.37. The summed E-state index contributed by atoms with van der Waals surface area (Å²) in [6, 6.07) is 21.6. The zero-order valence-corrected chi connectivity index (χ0v) is 17.2. The molecule has 0 unspecified atom stereocenters. The van der Waals surface area contributed by atoms with E-state index >= 15 is 0 Å². The number of pyridine rings is 1. The third-order valence-electron chi connectivity index (χ3n) is 5.97. The average Bonchev–Trinajstić information content (AvgIpc) is 3.25.